The number of benzene rings is 2. The molecule has 2 N–H and O–H groups in total. The Bertz CT molecular complexity index is 1220. The molecule has 1 aromatic heterocycles. The van der Waals surface area contributed by atoms with E-state index < -0.39 is 29.6 Å². The number of nitrogens with zero attached hydrogens (tertiary/aromatic N) is 1. The number of aromatic amines is 1. The third kappa shape index (κ3) is 3.19. The lowest BCUT2D eigenvalue weighted by atomic mass is 10.1. The lowest BCUT2D eigenvalue weighted by Crippen LogP contribution is -2.33. The van der Waals surface area contributed by atoms with Gasteiger partial charge in [0.25, 0.3) is 5.91 Å². The first-order valence-electron chi connectivity index (χ1n) is 8.96. The smallest absolute Gasteiger partial charge is 0.329 e. The molecule has 3 amide bonds. The summed E-state index contributed by atoms with van der Waals surface area (Å²) in [5.41, 5.74) is 1.65. The molecule has 0 aliphatic carbocycles. The molecule has 9 heteroatoms. The van der Waals surface area contributed by atoms with Crippen molar-refractivity contribution in [3.05, 3.63) is 70.0 Å². The lowest BCUT2D eigenvalue weighted by molar-refractivity contribution is -0.124. The van der Waals surface area contributed by atoms with Gasteiger partial charge in [0, 0.05) is 17.1 Å². The summed E-state index contributed by atoms with van der Waals surface area (Å²) in [5.74, 6) is -2.16. The second-order valence-electron chi connectivity index (χ2n) is 6.76. The fourth-order valence-electron chi connectivity index (χ4n) is 3.47. The van der Waals surface area contributed by atoms with E-state index in [1.807, 2.05) is 0 Å². The fraction of sp³-hybridized carbons (Fsp3) is 0.143. The molecule has 0 saturated carbocycles. The Morgan fingerprint density at radius 1 is 1.17 bits per heavy atom. The van der Waals surface area contributed by atoms with Crippen LogP contribution in [0.1, 0.15) is 24.1 Å². The Morgan fingerprint density at radius 3 is 2.63 bits per heavy atom. The first-order valence-corrected chi connectivity index (χ1v) is 9.34. The second-order valence-corrected chi connectivity index (χ2v) is 7.17. The van der Waals surface area contributed by atoms with Crippen LogP contribution in [0.2, 0.25) is 5.02 Å². The largest absolute Gasteiger partial charge is 0.493 e. The van der Waals surface area contributed by atoms with E-state index in [4.69, 9.17) is 16.3 Å². The van der Waals surface area contributed by atoms with Crippen LogP contribution in [-0.4, -0.2) is 28.9 Å². The molecule has 2 heterocycles. The molecule has 1 atom stereocenters. The maximum absolute atomic E-state index is 13.6. The van der Waals surface area contributed by atoms with Gasteiger partial charge in [0.05, 0.1) is 23.7 Å². The molecule has 1 aliphatic rings. The molecule has 30 heavy (non-hydrogen) atoms. The average Bonchev–Trinajstić information content (AvgIpc) is 3.24. The molecule has 1 unspecified atom stereocenters. The highest BCUT2D eigenvalue weighted by atomic mass is 35.5. The van der Waals surface area contributed by atoms with E-state index in [9.17, 15) is 18.4 Å². The van der Waals surface area contributed by atoms with Crippen LogP contribution in [0.15, 0.2) is 42.2 Å². The molecule has 0 radical (unpaired) electrons. The molecule has 1 saturated heterocycles. The number of methoxy groups -OCH3 is 1. The molecule has 0 bridgehead atoms. The van der Waals surface area contributed by atoms with Crippen LogP contribution in [0.3, 0.4) is 0 Å². The number of urea groups is 1. The lowest BCUT2D eigenvalue weighted by Gasteiger charge is -2.21. The number of fused-ring (bicyclic) bond motifs is 1. The van der Waals surface area contributed by atoms with Crippen LogP contribution in [-0.2, 0) is 4.79 Å². The van der Waals surface area contributed by atoms with Crippen LogP contribution in [0.5, 0.6) is 5.75 Å². The molecule has 1 aliphatic heterocycles. The molecule has 154 valence electrons. The number of hydrogen-bond donors (Lipinski definition) is 2. The van der Waals surface area contributed by atoms with Crippen LogP contribution >= 0.6 is 11.6 Å². The molecule has 1 fully saturated rings. The Hall–Kier alpha value is -3.39. The quantitative estimate of drug-likeness (QED) is 0.462. The van der Waals surface area contributed by atoms with Gasteiger partial charge in [0.2, 0.25) is 0 Å². The van der Waals surface area contributed by atoms with E-state index in [0.29, 0.717) is 27.4 Å². The zero-order chi connectivity index (χ0) is 21.6. The summed E-state index contributed by atoms with van der Waals surface area (Å²) in [4.78, 5) is 29.3. The van der Waals surface area contributed by atoms with Gasteiger partial charge in [-0.15, -0.1) is 0 Å². The molecular weight excluding hydrogens is 416 g/mol. The van der Waals surface area contributed by atoms with Crippen molar-refractivity contribution in [3.63, 3.8) is 0 Å². The van der Waals surface area contributed by atoms with E-state index in [-0.39, 0.29) is 5.70 Å². The summed E-state index contributed by atoms with van der Waals surface area (Å²) in [6.45, 7) is 1.56. The number of nitrogens with one attached hydrogen (secondary N) is 2. The van der Waals surface area contributed by atoms with Crippen LogP contribution in [0, 0.1) is 11.6 Å². The number of H-pyrrole nitrogens is 1. The maximum Gasteiger partial charge on any atom is 0.329 e. The summed E-state index contributed by atoms with van der Waals surface area (Å²) in [6, 6.07) is 5.26. The van der Waals surface area contributed by atoms with Crippen molar-refractivity contribution in [1.82, 2.24) is 15.2 Å². The molecule has 2 aromatic carbocycles. The van der Waals surface area contributed by atoms with Gasteiger partial charge in [-0.05, 0) is 36.8 Å². The molecular formula is C21H16ClF2N3O3. The van der Waals surface area contributed by atoms with Gasteiger partial charge in [-0.25, -0.2) is 13.6 Å². The summed E-state index contributed by atoms with van der Waals surface area (Å²) in [5, 5.41) is 3.71. The zero-order valence-corrected chi connectivity index (χ0v) is 16.7. The number of amides is 3. The number of carbonyl (C=O) groups is 2. The van der Waals surface area contributed by atoms with E-state index in [0.717, 1.165) is 22.4 Å². The highest BCUT2D eigenvalue weighted by Gasteiger charge is 2.37. The molecule has 0 spiro atoms. The Kier molecular flexibility index (Phi) is 4.95. The third-order valence-corrected chi connectivity index (χ3v) is 5.32. The fourth-order valence-corrected chi connectivity index (χ4v) is 3.70. The van der Waals surface area contributed by atoms with Gasteiger partial charge in [-0.3, -0.25) is 9.69 Å². The van der Waals surface area contributed by atoms with Gasteiger partial charge >= 0.3 is 6.03 Å². The van der Waals surface area contributed by atoms with E-state index in [2.05, 4.69) is 10.3 Å². The first-order chi connectivity index (χ1) is 14.3. The number of aromatic nitrogens is 1. The van der Waals surface area contributed by atoms with Crippen molar-refractivity contribution in [1.29, 1.82) is 0 Å². The van der Waals surface area contributed by atoms with Crippen LogP contribution in [0.4, 0.5) is 13.6 Å². The molecule has 6 nitrogen and oxygen atoms in total. The minimum atomic E-state index is -1.05. The van der Waals surface area contributed by atoms with E-state index in [1.165, 1.54) is 19.3 Å². The van der Waals surface area contributed by atoms with Gasteiger partial charge in [0.15, 0.2) is 17.4 Å². The van der Waals surface area contributed by atoms with Crippen LogP contribution in [0.25, 0.3) is 17.0 Å². The SMILES string of the molecule is COc1c(Cl)ccc2c(/C=C3\NC(=O)N(C(C)c4ccc(F)c(F)c4)C3=O)c[nH]c12. The Labute approximate surface area is 175 Å². The zero-order valence-electron chi connectivity index (χ0n) is 15.9. The number of hydrogen-bond acceptors (Lipinski definition) is 3. The molecule has 3 aromatic rings. The number of imide groups is 1. The van der Waals surface area contributed by atoms with Gasteiger partial charge in [-0.2, -0.15) is 0 Å². The van der Waals surface area contributed by atoms with E-state index >= 15 is 0 Å². The molecule has 4 rings (SSSR count). The minimum absolute atomic E-state index is 0.0595. The normalized spacial score (nSPS) is 16.4. The maximum atomic E-state index is 13.6. The predicted molar refractivity (Wildman–Crippen MR) is 108 cm³/mol. The number of halogens is 3. The highest BCUT2D eigenvalue weighted by molar-refractivity contribution is 6.33. The average molecular weight is 432 g/mol. The Morgan fingerprint density at radius 2 is 1.93 bits per heavy atom. The van der Waals surface area contributed by atoms with Crippen molar-refractivity contribution >= 4 is 40.5 Å². The first kappa shape index (κ1) is 19.9. The summed E-state index contributed by atoms with van der Waals surface area (Å²) >= 11 is 6.13. The van der Waals surface area contributed by atoms with Crippen molar-refractivity contribution < 1.29 is 23.1 Å². The summed E-state index contributed by atoms with van der Waals surface area (Å²) in [6.07, 6.45) is 3.20. The topological polar surface area (TPSA) is 74.4 Å². The van der Waals surface area contributed by atoms with Gasteiger partial charge < -0.3 is 15.0 Å². The predicted octanol–water partition coefficient (Wildman–Crippen LogP) is 4.76. The highest BCUT2D eigenvalue weighted by Crippen LogP contribution is 2.35. The number of ether oxygens (including phenoxy) is 1. The summed E-state index contributed by atoms with van der Waals surface area (Å²) in [7, 11) is 1.50. The van der Waals surface area contributed by atoms with Crippen molar-refractivity contribution in [2.45, 2.75) is 13.0 Å². The number of carbonyl (C=O) groups excluding carboxylic acids is 2. The summed E-state index contributed by atoms with van der Waals surface area (Å²) < 4.78 is 32.1. The second kappa shape index (κ2) is 7.46. The van der Waals surface area contributed by atoms with Crippen molar-refractivity contribution in [2.24, 2.45) is 0 Å². The third-order valence-electron chi connectivity index (χ3n) is 5.02. The van der Waals surface area contributed by atoms with E-state index in [1.54, 1.807) is 25.3 Å². The van der Waals surface area contributed by atoms with Gasteiger partial charge in [-0.1, -0.05) is 23.7 Å². The minimum Gasteiger partial charge on any atom is -0.493 e. The van der Waals surface area contributed by atoms with Gasteiger partial charge in [0.1, 0.15) is 5.70 Å². The standard InChI is InChI=1S/C21H16ClF2N3O3/c1-10(11-3-6-15(23)16(24)7-11)27-20(28)17(26-21(27)29)8-12-9-25-18-13(12)4-5-14(22)19(18)30-2/h3-10,25H,1-2H3,(H,26,29)/b17-8-. The number of rotatable bonds is 4. The Balaban J connectivity index is 1.68. The van der Waals surface area contributed by atoms with Crippen LogP contribution < -0.4 is 10.1 Å². The van der Waals surface area contributed by atoms with Crippen molar-refractivity contribution in [3.8, 4) is 5.75 Å². The van der Waals surface area contributed by atoms with Crippen molar-refractivity contribution in [2.75, 3.05) is 7.11 Å². The monoisotopic (exact) mass is 431 g/mol.